The third kappa shape index (κ3) is 4.64. The number of nitrogens with zero attached hydrogens (tertiary/aromatic N) is 1. The van der Waals surface area contributed by atoms with Gasteiger partial charge in [0.25, 0.3) is 0 Å². The first kappa shape index (κ1) is 18.4. The number of carbonyl (C=O) groups excluding carboxylic acids is 1. The minimum Gasteiger partial charge on any atom is -0.392 e. The molecule has 0 aliphatic carbocycles. The molecule has 4 nitrogen and oxygen atoms in total. The van der Waals surface area contributed by atoms with Gasteiger partial charge in [0.2, 0.25) is 5.91 Å². The zero-order valence-electron chi connectivity index (χ0n) is 11.7. The molecule has 0 spiro atoms. The number of rotatable bonds is 4. The molecular formula is C14H19BrClFN2O2. The Hall–Kier alpha value is -0.690. The van der Waals surface area contributed by atoms with Gasteiger partial charge in [0.1, 0.15) is 5.82 Å². The van der Waals surface area contributed by atoms with E-state index >= 15 is 0 Å². The maximum absolute atomic E-state index is 13.8. The van der Waals surface area contributed by atoms with Gasteiger partial charge in [-0.3, -0.25) is 4.79 Å². The van der Waals surface area contributed by atoms with Crippen LogP contribution >= 0.6 is 28.3 Å². The highest BCUT2D eigenvalue weighted by Gasteiger charge is 2.31. The molecule has 1 fully saturated rings. The zero-order chi connectivity index (χ0) is 14.7. The quantitative estimate of drug-likeness (QED) is 0.840. The van der Waals surface area contributed by atoms with Crippen LogP contribution in [-0.2, 0) is 11.3 Å². The van der Waals surface area contributed by atoms with Crippen molar-refractivity contribution in [2.75, 3.05) is 13.1 Å². The zero-order valence-corrected chi connectivity index (χ0v) is 14.1. The number of aliphatic hydroxyl groups is 1. The molecule has 0 bridgehead atoms. The van der Waals surface area contributed by atoms with Crippen molar-refractivity contribution in [3.8, 4) is 0 Å². The molecule has 21 heavy (non-hydrogen) atoms. The van der Waals surface area contributed by atoms with Gasteiger partial charge in [0.15, 0.2) is 0 Å². The molecule has 1 aliphatic heterocycles. The SMILES string of the molecule is CCN(Cc1cc(Br)ccc1F)C(=O)C1CC(O)CN1.Cl. The van der Waals surface area contributed by atoms with Gasteiger partial charge in [-0.15, -0.1) is 12.4 Å². The van der Waals surface area contributed by atoms with Crippen molar-refractivity contribution in [1.82, 2.24) is 10.2 Å². The fourth-order valence-electron chi connectivity index (χ4n) is 2.34. The molecule has 0 radical (unpaired) electrons. The van der Waals surface area contributed by atoms with Gasteiger partial charge < -0.3 is 15.3 Å². The van der Waals surface area contributed by atoms with E-state index in [2.05, 4.69) is 21.2 Å². The van der Waals surface area contributed by atoms with Crippen LogP contribution in [0.25, 0.3) is 0 Å². The van der Waals surface area contributed by atoms with Crippen LogP contribution in [0.15, 0.2) is 22.7 Å². The maximum atomic E-state index is 13.8. The minimum absolute atomic E-state index is 0. The molecule has 1 aliphatic rings. The molecule has 0 saturated carbocycles. The van der Waals surface area contributed by atoms with Crippen molar-refractivity contribution in [2.24, 2.45) is 0 Å². The summed E-state index contributed by atoms with van der Waals surface area (Å²) in [5.41, 5.74) is 0.480. The average Bonchev–Trinajstić information content (AvgIpc) is 2.85. The van der Waals surface area contributed by atoms with E-state index in [1.165, 1.54) is 6.07 Å². The number of aliphatic hydroxyl groups excluding tert-OH is 1. The van der Waals surface area contributed by atoms with Crippen LogP contribution in [0.5, 0.6) is 0 Å². The van der Waals surface area contributed by atoms with Crippen LogP contribution in [0.2, 0.25) is 0 Å². The van der Waals surface area contributed by atoms with Crippen molar-refractivity contribution in [1.29, 1.82) is 0 Å². The van der Waals surface area contributed by atoms with Gasteiger partial charge in [-0.1, -0.05) is 15.9 Å². The van der Waals surface area contributed by atoms with E-state index in [4.69, 9.17) is 0 Å². The van der Waals surface area contributed by atoms with E-state index in [9.17, 15) is 14.3 Å². The van der Waals surface area contributed by atoms with Gasteiger partial charge >= 0.3 is 0 Å². The molecule has 0 aromatic heterocycles. The Balaban J connectivity index is 0.00000220. The van der Waals surface area contributed by atoms with Crippen LogP contribution in [0.1, 0.15) is 18.9 Å². The first-order chi connectivity index (χ1) is 9.51. The van der Waals surface area contributed by atoms with E-state index in [1.54, 1.807) is 17.0 Å². The Morgan fingerprint density at radius 2 is 2.29 bits per heavy atom. The van der Waals surface area contributed by atoms with E-state index in [0.29, 0.717) is 25.1 Å². The predicted octanol–water partition coefficient (Wildman–Crippen LogP) is 2.08. The van der Waals surface area contributed by atoms with Crippen molar-refractivity contribution >= 4 is 34.2 Å². The normalized spacial score (nSPS) is 21.0. The Kier molecular flexibility index (Phi) is 7.06. The highest BCUT2D eigenvalue weighted by molar-refractivity contribution is 9.10. The largest absolute Gasteiger partial charge is 0.392 e. The monoisotopic (exact) mass is 380 g/mol. The van der Waals surface area contributed by atoms with E-state index in [0.717, 1.165) is 4.47 Å². The summed E-state index contributed by atoms with van der Waals surface area (Å²) in [7, 11) is 0. The lowest BCUT2D eigenvalue weighted by Gasteiger charge is -2.24. The molecule has 2 N–H and O–H groups in total. The number of amides is 1. The number of β-amino-alcohol motifs (C(OH)–C–C–N with tert-alkyl or cyclic N) is 1. The van der Waals surface area contributed by atoms with Crippen LogP contribution < -0.4 is 5.32 Å². The number of likely N-dealkylation sites (N-methyl/N-ethyl adjacent to an activating group) is 1. The van der Waals surface area contributed by atoms with Gasteiger partial charge in [-0.25, -0.2) is 4.39 Å². The van der Waals surface area contributed by atoms with Gasteiger partial charge in [-0.05, 0) is 31.5 Å². The number of hydrogen-bond acceptors (Lipinski definition) is 3. The Morgan fingerprint density at radius 3 is 2.86 bits per heavy atom. The van der Waals surface area contributed by atoms with Crippen LogP contribution in [0, 0.1) is 5.82 Å². The molecule has 1 heterocycles. The first-order valence-electron chi connectivity index (χ1n) is 6.65. The second kappa shape index (κ2) is 8.08. The van der Waals surface area contributed by atoms with E-state index in [-0.39, 0.29) is 36.7 Å². The van der Waals surface area contributed by atoms with Crippen LogP contribution in [0.3, 0.4) is 0 Å². The molecule has 2 unspecified atom stereocenters. The van der Waals surface area contributed by atoms with Crippen molar-refractivity contribution < 1.29 is 14.3 Å². The predicted molar refractivity (Wildman–Crippen MR) is 84.9 cm³/mol. The molecule has 1 aromatic rings. The van der Waals surface area contributed by atoms with Gasteiger partial charge in [0.05, 0.1) is 12.1 Å². The summed E-state index contributed by atoms with van der Waals surface area (Å²) in [5, 5.41) is 12.5. The lowest BCUT2D eigenvalue weighted by atomic mass is 10.1. The Bertz CT molecular complexity index is 504. The van der Waals surface area contributed by atoms with Crippen molar-refractivity contribution in [3.05, 3.63) is 34.1 Å². The number of hydrogen-bond donors (Lipinski definition) is 2. The number of halogens is 3. The lowest BCUT2D eigenvalue weighted by Crippen LogP contribution is -2.43. The second-order valence-corrected chi connectivity index (χ2v) is 5.85. The summed E-state index contributed by atoms with van der Waals surface area (Å²) in [6.45, 7) is 3.02. The Labute approximate surface area is 138 Å². The number of nitrogens with one attached hydrogen (secondary N) is 1. The summed E-state index contributed by atoms with van der Waals surface area (Å²) in [4.78, 5) is 13.9. The third-order valence-corrected chi connectivity index (χ3v) is 3.96. The standard InChI is InChI=1S/C14H18BrFN2O2.ClH/c1-2-18(14(20)13-6-11(19)7-17-13)8-9-5-10(15)3-4-12(9)16;/h3-5,11,13,17,19H,2,6-8H2,1H3;1H. The molecule has 2 atom stereocenters. The van der Waals surface area contributed by atoms with E-state index in [1.807, 2.05) is 6.92 Å². The number of carbonyl (C=O) groups is 1. The number of benzene rings is 1. The second-order valence-electron chi connectivity index (χ2n) is 4.94. The summed E-state index contributed by atoms with van der Waals surface area (Å²) in [6, 6.07) is 4.32. The fraction of sp³-hybridized carbons (Fsp3) is 0.500. The molecule has 1 amide bonds. The molecule has 7 heteroatoms. The van der Waals surface area contributed by atoms with Crippen molar-refractivity contribution in [2.45, 2.75) is 32.0 Å². The summed E-state index contributed by atoms with van der Waals surface area (Å²) in [6.07, 6.45) is -0.0682. The lowest BCUT2D eigenvalue weighted by molar-refractivity contribution is -0.133. The third-order valence-electron chi connectivity index (χ3n) is 3.47. The topological polar surface area (TPSA) is 52.6 Å². The Morgan fingerprint density at radius 1 is 1.57 bits per heavy atom. The highest BCUT2D eigenvalue weighted by Crippen LogP contribution is 2.18. The molecular weight excluding hydrogens is 363 g/mol. The smallest absolute Gasteiger partial charge is 0.240 e. The summed E-state index contributed by atoms with van der Waals surface area (Å²) in [5.74, 6) is -0.415. The van der Waals surface area contributed by atoms with Crippen LogP contribution in [0.4, 0.5) is 4.39 Å². The van der Waals surface area contributed by atoms with E-state index < -0.39 is 6.10 Å². The molecule has 2 rings (SSSR count). The first-order valence-corrected chi connectivity index (χ1v) is 7.44. The minimum atomic E-state index is -0.481. The van der Waals surface area contributed by atoms with Crippen LogP contribution in [-0.4, -0.2) is 41.1 Å². The summed E-state index contributed by atoms with van der Waals surface area (Å²) >= 11 is 3.30. The van der Waals surface area contributed by atoms with Gasteiger partial charge in [-0.2, -0.15) is 0 Å². The molecule has 1 aromatic carbocycles. The summed E-state index contributed by atoms with van der Waals surface area (Å²) < 4.78 is 14.5. The molecule has 118 valence electrons. The molecule has 1 saturated heterocycles. The fourth-order valence-corrected chi connectivity index (χ4v) is 2.75. The highest BCUT2D eigenvalue weighted by atomic mass is 79.9. The van der Waals surface area contributed by atoms with Crippen molar-refractivity contribution in [3.63, 3.8) is 0 Å². The maximum Gasteiger partial charge on any atom is 0.240 e. The average molecular weight is 382 g/mol. The van der Waals surface area contributed by atoms with Gasteiger partial charge in [0, 0.05) is 29.7 Å².